The molecule has 2 atom stereocenters. The van der Waals surface area contributed by atoms with Crippen LogP contribution >= 0.6 is 0 Å². The number of fused-ring (bicyclic) bond motifs is 3. The minimum absolute atomic E-state index is 0.130. The summed E-state index contributed by atoms with van der Waals surface area (Å²) in [5, 5.41) is 4.48. The molecule has 2 aromatic rings. The standard InChI is InChI=1S/C14H16N2O2/c1-8-13-10(7-12(15-8)14(17)18-2)9-5-3-4-6-11(9)16-13/h3-6,8,12,15-16H,7H2,1-2H3/t8-,12+/m0/s1. The normalized spacial score (nSPS) is 22.8. The van der Waals surface area contributed by atoms with E-state index in [9.17, 15) is 4.79 Å². The lowest BCUT2D eigenvalue weighted by Crippen LogP contribution is -2.44. The number of esters is 1. The monoisotopic (exact) mass is 244 g/mol. The summed E-state index contributed by atoms with van der Waals surface area (Å²) in [5.41, 5.74) is 3.53. The number of H-pyrrole nitrogens is 1. The van der Waals surface area contributed by atoms with Gasteiger partial charge in [0.2, 0.25) is 0 Å². The van der Waals surface area contributed by atoms with Gasteiger partial charge in [0, 0.05) is 29.1 Å². The highest BCUT2D eigenvalue weighted by atomic mass is 16.5. The number of carbonyl (C=O) groups excluding carboxylic acids is 1. The Morgan fingerprint density at radius 2 is 2.17 bits per heavy atom. The zero-order valence-corrected chi connectivity index (χ0v) is 10.5. The molecule has 0 saturated heterocycles. The summed E-state index contributed by atoms with van der Waals surface area (Å²) in [6.45, 7) is 2.06. The van der Waals surface area contributed by atoms with E-state index in [4.69, 9.17) is 4.74 Å². The molecule has 4 heteroatoms. The number of hydrogen-bond donors (Lipinski definition) is 2. The highest BCUT2D eigenvalue weighted by molar-refractivity contribution is 5.87. The van der Waals surface area contributed by atoms with Crippen molar-refractivity contribution in [2.45, 2.75) is 25.4 Å². The summed E-state index contributed by atoms with van der Waals surface area (Å²) in [6.07, 6.45) is 0.677. The Labute approximate surface area is 105 Å². The molecule has 0 bridgehead atoms. The van der Waals surface area contributed by atoms with Gasteiger partial charge >= 0.3 is 5.97 Å². The highest BCUT2D eigenvalue weighted by Gasteiger charge is 2.31. The van der Waals surface area contributed by atoms with Crippen molar-refractivity contribution in [2.24, 2.45) is 0 Å². The molecule has 3 rings (SSSR count). The fourth-order valence-electron chi connectivity index (χ4n) is 2.75. The second kappa shape index (κ2) is 4.14. The largest absolute Gasteiger partial charge is 0.468 e. The molecule has 94 valence electrons. The van der Waals surface area contributed by atoms with E-state index < -0.39 is 0 Å². The molecule has 18 heavy (non-hydrogen) atoms. The number of para-hydroxylation sites is 1. The van der Waals surface area contributed by atoms with Crippen molar-refractivity contribution in [3.63, 3.8) is 0 Å². The van der Waals surface area contributed by atoms with E-state index in [2.05, 4.69) is 29.4 Å². The fourth-order valence-corrected chi connectivity index (χ4v) is 2.75. The van der Waals surface area contributed by atoms with Gasteiger partial charge in [-0.15, -0.1) is 0 Å². The van der Waals surface area contributed by atoms with Crippen LogP contribution in [0.1, 0.15) is 24.2 Å². The first-order valence-electron chi connectivity index (χ1n) is 6.14. The summed E-state index contributed by atoms with van der Waals surface area (Å²) in [7, 11) is 1.43. The van der Waals surface area contributed by atoms with E-state index in [1.54, 1.807) is 0 Å². The average Bonchev–Trinajstić information content (AvgIpc) is 2.77. The van der Waals surface area contributed by atoms with Crippen LogP contribution in [0.2, 0.25) is 0 Å². The van der Waals surface area contributed by atoms with Gasteiger partial charge in [0.1, 0.15) is 6.04 Å². The smallest absolute Gasteiger partial charge is 0.323 e. The number of ether oxygens (including phenoxy) is 1. The topological polar surface area (TPSA) is 54.1 Å². The third-order valence-corrected chi connectivity index (χ3v) is 3.62. The Kier molecular flexibility index (Phi) is 2.59. The minimum atomic E-state index is -0.253. The van der Waals surface area contributed by atoms with Crippen LogP contribution in [0.15, 0.2) is 24.3 Å². The van der Waals surface area contributed by atoms with E-state index in [0.717, 1.165) is 5.52 Å². The maximum Gasteiger partial charge on any atom is 0.323 e. The summed E-state index contributed by atoms with van der Waals surface area (Å²) < 4.78 is 4.83. The van der Waals surface area contributed by atoms with Crippen molar-refractivity contribution < 1.29 is 9.53 Å². The van der Waals surface area contributed by atoms with Gasteiger partial charge in [0.25, 0.3) is 0 Å². The summed E-state index contributed by atoms with van der Waals surface area (Å²) in [4.78, 5) is 15.1. The maximum absolute atomic E-state index is 11.7. The van der Waals surface area contributed by atoms with Crippen molar-refractivity contribution in [1.29, 1.82) is 0 Å². The Balaban J connectivity index is 2.09. The Bertz CT molecular complexity index is 603. The minimum Gasteiger partial charge on any atom is -0.468 e. The van der Waals surface area contributed by atoms with Crippen LogP contribution in [0.25, 0.3) is 10.9 Å². The first kappa shape index (κ1) is 11.3. The Morgan fingerprint density at radius 3 is 2.94 bits per heavy atom. The molecule has 0 fully saturated rings. The van der Waals surface area contributed by atoms with Crippen LogP contribution in [-0.2, 0) is 16.0 Å². The molecule has 0 aliphatic carbocycles. The first-order valence-corrected chi connectivity index (χ1v) is 6.14. The maximum atomic E-state index is 11.7. The van der Waals surface area contributed by atoms with Gasteiger partial charge in [-0.1, -0.05) is 18.2 Å². The lowest BCUT2D eigenvalue weighted by molar-refractivity contribution is -0.143. The van der Waals surface area contributed by atoms with Gasteiger partial charge in [0.05, 0.1) is 7.11 Å². The zero-order valence-electron chi connectivity index (χ0n) is 10.5. The van der Waals surface area contributed by atoms with Crippen LogP contribution in [0.5, 0.6) is 0 Å². The van der Waals surface area contributed by atoms with Crippen LogP contribution in [-0.4, -0.2) is 24.1 Å². The number of hydrogen-bond acceptors (Lipinski definition) is 3. The Morgan fingerprint density at radius 1 is 1.39 bits per heavy atom. The third-order valence-electron chi connectivity index (χ3n) is 3.62. The van der Waals surface area contributed by atoms with Gasteiger partial charge < -0.3 is 9.72 Å². The Hall–Kier alpha value is -1.81. The van der Waals surface area contributed by atoms with Crippen molar-refractivity contribution in [3.8, 4) is 0 Å². The van der Waals surface area contributed by atoms with Crippen LogP contribution < -0.4 is 5.32 Å². The molecule has 0 saturated carbocycles. The lowest BCUT2D eigenvalue weighted by Gasteiger charge is -2.27. The molecule has 2 N–H and O–H groups in total. The van der Waals surface area contributed by atoms with Gasteiger partial charge in [-0.05, 0) is 18.6 Å². The molecule has 0 amide bonds. The van der Waals surface area contributed by atoms with Crippen molar-refractivity contribution in [1.82, 2.24) is 10.3 Å². The number of aromatic amines is 1. The van der Waals surface area contributed by atoms with Crippen LogP contribution in [0, 0.1) is 0 Å². The number of aromatic nitrogens is 1. The third kappa shape index (κ3) is 1.61. The molecule has 0 unspecified atom stereocenters. The van der Waals surface area contributed by atoms with Gasteiger partial charge in [-0.25, -0.2) is 0 Å². The van der Waals surface area contributed by atoms with Gasteiger partial charge in [-0.2, -0.15) is 0 Å². The first-order chi connectivity index (χ1) is 8.70. The SMILES string of the molecule is COC(=O)[C@H]1Cc2c([nH]c3ccccc23)[C@H](C)N1. The predicted molar refractivity (Wildman–Crippen MR) is 69.4 cm³/mol. The number of methoxy groups -OCH3 is 1. The van der Waals surface area contributed by atoms with E-state index in [0.29, 0.717) is 6.42 Å². The molecule has 1 aromatic heterocycles. The van der Waals surface area contributed by atoms with E-state index in [1.165, 1.54) is 23.8 Å². The fraction of sp³-hybridized carbons (Fsp3) is 0.357. The molecule has 4 nitrogen and oxygen atoms in total. The van der Waals surface area contributed by atoms with Gasteiger partial charge in [0.15, 0.2) is 0 Å². The molecule has 0 spiro atoms. The summed E-state index contributed by atoms with van der Waals surface area (Å²) >= 11 is 0. The second-order valence-electron chi connectivity index (χ2n) is 4.73. The molecule has 1 aromatic carbocycles. The molecule has 2 heterocycles. The average molecular weight is 244 g/mol. The predicted octanol–water partition coefficient (Wildman–Crippen LogP) is 1.92. The van der Waals surface area contributed by atoms with E-state index in [-0.39, 0.29) is 18.1 Å². The number of rotatable bonds is 1. The van der Waals surface area contributed by atoms with Crippen molar-refractivity contribution in [2.75, 3.05) is 7.11 Å². The van der Waals surface area contributed by atoms with Crippen molar-refractivity contribution >= 4 is 16.9 Å². The van der Waals surface area contributed by atoms with Gasteiger partial charge in [-0.3, -0.25) is 10.1 Å². The van der Waals surface area contributed by atoms with Crippen molar-refractivity contribution in [3.05, 3.63) is 35.5 Å². The highest BCUT2D eigenvalue weighted by Crippen LogP contribution is 2.31. The summed E-state index contributed by atoms with van der Waals surface area (Å²) in [6, 6.07) is 8.07. The molecular weight excluding hydrogens is 228 g/mol. The summed E-state index contributed by atoms with van der Waals surface area (Å²) in [5.74, 6) is -0.196. The quantitative estimate of drug-likeness (QED) is 0.753. The molecular formula is C14H16N2O2. The lowest BCUT2D eigenvalue weighted by atomic mass is 9.95. The zero-order chi connectivity index (χ0) is 12.7. The van der Waals surface area contributed by atoms with E-state index in [1.807, 2.05) is 12.1 Å². The van der Waals surface area contributed by atoms with E-state index >= 15 is 0 Å². The number of benzene rings is 1. The number of carbonyl (C=O) groups is 1. The van der Waals surface area contributed by atoms with Crippen LogP contribution in [0.3, 0.4) is 0 Å². The number of nitrogens with one attached hydrogen (secondary N) is 2. The molecule has 1 aliphatic heterocycles. The van der Waals surface area contributed by atoms with Crippen LogP contribution in [0.4, 0.5) is 0 Å². The second-order valence-corrected chi connectivity index (χ2v) is 4.73. The molecule has 0 radical (unpaired) electrons. The molecule has 1 aliphatic rings.